The maximum atomic E-state index is 6.16. The largest absolute Gasteiger partial charge is 0.457 e. The van der Waals surface area contributed by atoms with Gasteiger partial charge in [-0.25, -0.2) is 0 Å². The molecule has 0 unspecified atom stereocenters. The summed E-state index contributed by atoms with van der Waals surface area (Å²) in [7, 11) is -1.23. The summed E-state index contributed by atoms with van der Waals surface area (Å²) in [4.78, 5) is 0. The smallest absolute Gasteiger partial charge is 0.131 e. The van der Waals surface area contributed by atoms with Crippen molar-refractivity contribution in [2.45, 2.75) is 44.4 Å². The Kier molecular flexibility index (Phi) is 3.44. The Balaban J connectivity index is 2.26. The molecule has 1 nitrogen and oxygen atoms in total. The highest BCUT2D eigenvalue weighted by molar-refractivity contribution is 6.76. The minimum absolute atomic E-state index is 0.107. The van der Waals surface area contributed by atoms with Crippen molar-refractivity contribution in [3.05, 3.63) is 59.7 Å². The molecule has 0 N–H and O–H groups in total. The average molecular weight is 296 g/mol. The third-order valence-corrected chi connectivity index (χ3v) is 6.13. The molecule has 1 aliphatic heterocycles. The zero-order chi connectivity index (χ0) is 15.1. The molecule has 0 bridgehead atoms. The van der Waals surface area contributed by atoms with Crippen molar-refractivity contribution in [1.29, 1.82) is 0 Å². The van der Waals surface area contributed by atoms with E-state index in [0.29, 0.717) is 0 Å². The lowest BCUT2D eigenvalue weighted by molar-refractivity contribution is 0.397. The van der Waals surface area contributed by atoms with E-state index in [1.54, 1.807) is 0 Å². The van der Waals surface area contributed by atoms with Crippen molar-refractivity contribution in [3.63, 3.8) is 0 Å². The van der Waals surface area contributed by atoms with Crippen molar-refractivity contribution >= 4 is 8.07 Å². The van der Waals surface area contributed by atoms with Gasteiger partial charge in [-0.3, -0.25) is 0 Å². The van der Waals surface area contributed by atoms with Crippen LogP contribution in [-0.2, 0) is 5.41 Å². The van der Waals surface area contributed by atoms with Crippen molar-refractivity contribution in [1.82, 2.24) is 0 Å². The molecule has 2 heteroatoms. The van der Waals surface area contributed by atoms with Crippen LogP contribution in [0.15, 0.2) is 48.5 Å². The summed E-state index contributed by atoms with van der Waals surface area (Å²) in [6.45, 7) is 9.71. The Labute approximate surface area is 129 Å². The van der Waals surface area contributed by atoms with Crippen LogP contribution in [0.5, 0.6) is 11.5 Å². The maximum absolute atomic E-state index is 6.16. The predicted molar refractivity (Wildman–Crippen MR) is 92.2 cm³/mol. The Morgan fingerprint density at radius 2 is 1.33 bits per heavy atom. The number of ether oxygens (including phenoxy) is 1. The summed E-state index contributed by atoms with van der Waals surface area (Å²) in [5, 5.41) is 0. The molecule has 1 aliphatic rings. The van der Waals surface area contributed by atoms with Crippen LogP contribution in [0.1, 0.15) is 24.5 Å². The van der Waals surface area contributed by atoms with Gasteiger partial charge in [0.2, 0.25) is 0 Å². The van der Waals surface area contributed by atoms with E-state index in [-0.39, 0.29) is 5.41 Å². The standard InChI is InChI=1S/C19H24OSi/c1-5-19(14-21(2,3)4)15-10-6-8-12-17(15)20-18-13-9-7-11-16(18)19/h6-13H,5,14H2,1-4H3. The van der Waals surface area contributed by atoms with E-state index in [9.17, 15) is 0 Å². The zero-order valence-corrected chi connectivity index (χ0v) is 14.4. The normalized spacial score (nSPS) is 15.8. The van der Waals surface area contributed by atoms with Gasteiger partial charge in [0.15, 0.2) is 0 Å². The lowest BCUT2D eigenvalue weighted by Crippen LogP contribution is -2.38. The summed E-state index contributed by atoms with van der Waals surface area (Å²) in [5.41, 5.74) is 2.85. The molecular formula is C19H24OSi. The van der Waals surface area contributed by atoms with E-state index in [0.717, 1.165) is 17.9 Å². The lowest BCUT2D eigenvalue weighted by atomic mass is 9.72. The van der Waals surface area contributed by atoms with Crippen LogP contribution in [0.25, 0.3) is 0 Å². The number of hydrogen-bond donors (Lipinski definition) is 0. The molecule has 2 aromatic carbocycles. The zero-order valence-electron chi connectivity index (χ0n) is 13.4. The molecule has 0 atom stereocenters. The molecular weight excluding hydrogens is 272 g/mol. The fourth-order valence-corrected chi connectivity index (χ4v) is 6.21. The highest BCUT2D eigenvalue weighted by atomic mass is 28.3. The van der Waals surface area contributed by atoms with Crippen LogP contribution in [0.3, 0.4) is 0 Å². The molecule has 3 rings (SSSR count). The maximum Gasteiger partial charge on any atom is 0.131 e. The van der Waals surface area contributed by atoms with Crippen LogP contribution < -0.4 is 4.74 Å². The third-order valence-electron chi connectivity index (χ3n) is 4.46. The predicted octanol–water partition coefficient (Wildman–Crippen LogP) is 5.83. The molecule has 0 saturated carbocycles. The average Bonchev–Trinajstić information content (AvgIpc) is 2.45. The Morgan fingerprint density at radius 3 is 1.76 bits per heavy atom. The van der Waals surface area contributed by atoms with Crippen LogP contribution in [-0.4, -0.2) is 8.07 Å². The fourth-order valence-electron chi connectivity index (χ4n) is 3.77. The van der Waals surface area contributed by atoms with Gasteiger partial charge in [-0.05, 0) is 24.6 Å². The van der Waals surface area contributed by atoms with Crippen LogP contribution in [0, 0.1) is 0 Å². The minimum atomic E-state index is -1.23. The van der Waals surface area contributed by atoms with Crippen molar-refractivity contribution in [2.24, 2.45) is 0 Å². The van der Waals surface area contributed by atoms with Gasteiger partial charge in [0, 0.05) is 24.6 Å². The molecule has 110 valence electrons. The summed E-state index contributed by atoms with van der Waals surface area (Å²) in [6.07, 6.45) is 1.12. The SMILES string of the molecule is CCC1(C[Si](C)(C)C)c2ccccc2Oc2ccccc21. The molecule has 0 aliphatic carbocycles. The summed E-state index contributed by atoms with van der Waals surface area (Å²) < 4.78 is 6.16. The molecule has 2 aromatic rings. The summed E-state index contributed by atoms with van der Waals surface area (Å²) in [5.74, 6) is 2.08. The van der Waals surface area contributed by atoms with Gasteiger partial charge in [0.05, 0.1) is 0 Å². The Hall–Kier alpha value is -1.54. The highest BCUT2D eigenvalue weighted by Crippen LogP contribution is 2.53. The van der Waals surface area contributed by atoms with Crippen LogP contribution in [0.4, 0.5) is 0 Å². The Morgan fingerprint density at radius 1 is 0.857 bits per heavy atom. The van der Waals surface area contributed by atoms with Gasteiger partial charge in [0.1, 0.15) is 11.5 Å². The fraction of sp³-hybridized carbons (Fsp3) is 0.368. The number of para-hydroxylation sites is 2. The van der Waals surface area contributed by atoms with Gasteiger partial charge in [-0.2, -0.15) is 0 Å². The first kappa shape index (κ1) is 14.4. The van der Waals surface area contributed by atoms with Gasteiger partial charge < -0.3 is 4.74 Å². The number of hydrogen-bond acceptors (Lipinski definition) is 1. The number of fused-ring (bicyclic) bond motifs is 2. The molecule has 0 fully saturated rings. The van der Waals surface area contributed by atoms with Crippen LogP contribution in [0.2, 0.25) is 25.7 Å². The molecule has 0 radical (unpaired) electrons. The number of benzene rings is 2. The van der Waals surface area contributed by atoms with Gasteiger partial charge in [-0.1, -0.05) is 63.0 Å². The molecule has 0 saturated heterocycles. The lowest BCUT2D eigenvalue weighted by Gasteiger charge is -2.43. The minimum Gasteiger partial charge on any atom is -0.457 e. The van der Waals surface area contributed by atoms with Gasteiger partial charge in [0.25, 0.3) is 0 Å². The van der Waals surface area contributed by atoms with E-state index >= 15 is 0 Å². The second kappa shape index (κ2) is 5.02. The number of rotatable bonds is 3. The second-order valence-electron chi connectivity index (χ2n) is 7.27. The van der Waals surface area contributed by atoms with E-state index in [1.165, 1.54) is 17.2 Å². The van der Waals surface area contributed by atoms with Crippen molar-refractivity contribution in [3.8, 4) is 11.5 Å². The molecule has 1 heterocycles. The summed E-state index contributed by atoms with van der Waals surface area (Å²) >= 11 is 0. The first-order valence-electron chi connectivity index (χ1n) is 7.83. The van der Waals surface area contributed by atoms with Crippen LogP contribution >= 0.6 is 0 Å². The van der Waals surface area contributed by atoms with Gasteiger partial charge >= 0.3 is 0 Å². The molecule has 0 spiro atoms. The first-order chi connectivity index (χ1) is 9.96. The quantitative estimate of drug-likeness (QED) is 0.648. The monoisotopic (exact) mass is 296 g/mol. The summed E-state index contributed by atoms with van der Waals surface area (Å²) in [6, 6.07) is 18.4. The molecule has 0 amide bonds. The first-order valence-corrected chi connectivity index (χ1v) is 11.5. The molecule has 21 heavy (non-hydrogen) atoms. The molecule has 0 aromatic heterocycles. The van der Waals surface area contributed by atoms with Gasteiger partial charge in [-0.15, -0.1) is 0 Å². The second-order valence-corrected chi connectivity index (χ2v) is 12.7. The van der Waals surface area contributed by atoms with Crippen molar-refractivity contribution < 1.29 is 4.74 Å². The van der Waals surface area contributed by atoms with E-state index in [1.807, 2.05) is 0 Å². The van der Waals surface area contributed by atoms with E-state index < -0.39 is 8.07 Å². The van der Waals surface area contributed by atoms with Crippen molar-refractivity contribution in [2.75, 3.05) is 0 Å². The topological polar surface area (TPSA) is 9.23 Å². The Bertz CT molecular complexity index is 609. The van der Waals surface area contributed by atoms with E-state index in [4.69, 9.17) is 4.74 Å². The third kappa shape index (κ3) is 2.42. The highest BCUT2D eigenvalue weighted by Gasteiger charge is 2.43. The van der Waals surface area contributed by atoms with E-state index in [2.05, 4.69) is 75.1 Å².